The van der Waals surface area contributed by atoms with E-state index in [1.165, 1.54) is 11.6 Å². The van der Waals surface area contributed by atoms with E-state index in [1.54, 1.807) is 18.9 Å². The second-order valence-corrected chi connectivity index (χ2v) is 7.77. The molecule has 0 bridgehead atoms. The molecule has 1 aliphatic rings. The van der Waals surface area contributed by atoms with Crippen molar-refractivity contribution in [1.82, 2.24) is 0 Å². The van der Waals surface area contributed by atoms with Crippen molar-refractivity contribution in [3.8, 4) is 23.0 Å². The Morgan fingerprint density at radius 2 is 1.90 bits per heavy atom. The number of hydrogen-bond donors (Lipinski definition) is 2. The molecular formula is C23H20O5S. The Kier molecular flexibility index (Phi) is 5.36. The summed E-state index contributed by atoms with van der Waals surface area (Å²) < 4.78 is 11.4. The summed E-state index contributed by atoms with van der Waals surface area (Å²) in [5.74, 6) is 1.10. The van der Waals surface area contributed by atoms with Crippen molar-refractivity contribution in [2.24, 2.45) is 0 Å². The van der Waals surface area contributed by atoms with Gasteiger partial charge in [-0.25, -0.2) is 0 Å². The highest BCUT2D eigenvalue weighted by Gasteiger charge is 2.31. The van der Waals surface area contributed by atoms with Gasteiger partial charge in [-0.2, -0.15) is 0 Å². The summed E-state index contributed by atoms with van der Waals surface area (Å²) in [6.45, 7) is 0. The van der Waals surface area contributed by atoms with Gasteiger partial charge >= 0.3 is 0 Å². The summed E-state index contributed by atoms with van der Waals surface area (Å²) >= 11 is 1.65. The summed E-state index contributed by atoms with van der Waals surface area (Å²) in [4.78, 5) is 13.5. The zero-order valence-electron chi connectivity index (χ0n) is 15.8. The minimum Gasteiger partial charge on any atom is -0.508 e. The summed E-state index contributed by atoms with van der Waals surface area (Å²) in [7, 11) is 1.63. The molecule has 3 aromatic rings. The van der Waals surface area contributed by atoms with Crippen molar-refractivity contribution in [3.63, 3.8) is 0 Å². The highest BCUT2D eigenvalue weighted by molar-refractivity contribution is 7.98. The maximum absolute atomic E-state index is 12.6. The molecule has 3 aromatic carbocycles. The van der Waals surface area contributed by atoms with E-state index in [4.69, 9.17) is 9.47 Å². The molecule has 29 heavy (non-hydrogen) atoms. The molecule has 0 radical (unpaired) electrons. The lowest BCUT2D eigenvalue weighted by molar-refractivity contribution is 0.0844. The lowest BCUT2D eigenvalue weighted by atomic mass is 9.95. The fourth-order valence-corrected chi connectivity index (χ4v) is 4.38. The number of phenols is 2. The lowest BCUT2D eigenvalue weighted by Crippen LogP contribution is -2.20. The molecule has 0 spiro atoms. The van der Waals surface area contributed by atoms with E-state index in [9.17, 15) is 15.0 Å². The number of rotatable bonds is 5. The van der Waals surface area contributed by atoms with E-state index in [0.717, 1.165) is 28.0 Å². The van der Waals surface area contributed by atoms with Crippen molar-refractivity contribution < 1.29 is 24.5 Å². The number of fused-ring (bicyclic) bond motifs is 1. The molecule has 2 N–H and O–H groups in total. The van der Waals surface area contributed by atoms with Crippen molar-refractivity contribution in [2.75, 3.05) is 7.11 Å². The van der Waals surface area contributed by atoms with Crippen LogP contribution in [0.1, 0.15) is 34.0 Å². The van der Waals surface area contributed by atoms with Gasteiger partial charge in [-0.05, 0) is 23.3 Å². The first kappa shape index (κ1) is 19.2. The molecule has 148 valence electrons. The van der Waals surface area contributed by atoms with Gasteiger partial charge in [-0.15, -0.1) is 11.8 Å². The zero-order valence-corrected chi connectivity index (χ0v) is 16.6. The van der Waals surface area contributed by atoms with Crippen LogP contribution in [0.25, 0.3) is 0 Å². The predicted octanol–water partition coefficient (Wildman–Crippen LogP) is 5.11. The Morgan fingerprint density at radius 3 is 2.66 bits per heavy atom. The first-order chi connectivity index (χ1) is 14.0. The number of methoxy groups -OCH3 is 1. The molecule has 0 amide bonds. The van der Waals surface area contributed by atoms with Crippen LogP contribution in [0.4, 0.5) is 0 Å². The molecule has 0 aliphatic carbocycles. The van der Waals surface area contributed by atoms with E-state index >= 15 is 0 Å². The molecule has 1 aliphatic heterocycles. The molecule has 6 heteroatoms. The van der Waals surface area contributed by atoms with Crippen molar-refractivity contribution >= 4 is 17.5 Å². The fourth-order valence-electron chi connectivity index (χ4n) is 3.35. The number of ketones is 1. The number of Topliss-reactive ketones (excluding diaryl/α,β-unsaturated/α-hetero) is 1. The maximum Gasteiger partial charge on any atom is 0.174 e. The molecule has 0 aromatic heterocycles. The first-order valence-electron chi connectivity index (χ1n) is 9.15. The zero-order chi connectivity index (χ0) is 20.4. The number of carbonyl (C=O) groups excluding carboxylic acids is 1. The minimum atomic E-state index is -0.502. The van der Waals surface area contributed by atoms with E-state index in [1.807, 2.05) is 36.4 Å². The first-order valence-corrected chi connectivity index (χ1v) is 10.1. The number of ether oxygens (including phenoxy) is 2. The smallest absolute Gasteiger partial charge is 0.174 e. The number of aromatic hydroxyl groups is 2. The van der Waals surface area contributed by atoms with Gasteiger partial charge in [0.1, 0.15) is 34.7 Å². The monoisotopic (exact) mass is 408 g/mol. The summed E-state index contributed by atoms with van der Waals surface area (Å²) in [6.07, 6.45) is -0.390. The van der Waals surface area contributed by atoms with Crippen LogP contribution in [0.3, 0.4) is 0 Å². The average molecular weight is 408 g/mol. The third kappa shape index (κ3) is 4.03. The van der Waals surface area contributed by atoms with Crippen molar-refractivity contribution in [1.29, 1.82) is 0 Å². The summed E-state index contributed by atoms with van der Waals surface area (Å²) in [5, 5.41) is 19.7. The van der Waals surface area contributed by atoms with Crippen LogP contribution in [0.5, 0.6) is 23.0 Å². The number of carbonyl (C=O) groups is 1. The molecule has 5 nitrogen and oxygen atoms in total. The molecule has 1 heterocycles. The van der Waals surface area contributed by atoms with Gasteiger partial charge in [0.25, 0.3) is 0 Å². The minimum absolute atomic E-state index is 0.112. The second kappa shape index (κ2) is 8.09. The highest BCUT2D eigenvalue weighted by atomic mass is 32.2. The van der Waals surface area contributed by atoms with Gasteiger partial charge in [-0.3, -0.25) is 4.79 Å². The van der Waals surface area contributed by atoms with Gasteiger partial charge in [0.2, 0.25) is 0 Å². The summed E-state index contributed by atoms with van der Waals surface area (Å²) in [6, 6.07) is 18.4. The largest absolute Gasteiger partial charge is 0.508 e. The number of phenolic OH excluding ortho intramolecular Hbond substituents is 2. The topological polar surface area (TPSA) is 76.0 Å². The van der Waals surface area contributed by atoms with Crippen LogP contribution >= 0.6 is 11.8 Å². The van der Waals surface area contributed by atoms with Crippen LogP contribution in [0.2, 0.25) is 0 Å². The number of thioether (sulfide) groups is 1. The Morgan fingerprint density at radius 1 is 1.10 bits per heavy atom. The van der Waals surface area contributed by atoms with E-state index in [0.29, 0.717) is 0 Å². The standard InChI is InChI=1S/C23H20O5S/c1-27-19-8-7-15(9-22(19)29-13-14-5-3-2-4-6-14)20-12-18(26)23-17(25)10-16(24)11-21(23)28-20/h2-11,20,24-25H,12-13H2,1H3. The number of benzene rings is 3. The third-order valence-corrected chi connectivity index (χ3v) is 5.89. The normalized spacial score (nSPS) is 15.5. The Bertz CT molecular complexity index is 1050. The van der Waals surface area contributed by atoms with E-state index in [-0.39, 0.29) is 35.0 Å². The van der Waals surface area contributed by atoms with Crippen LogP contribution in [0.15, 0.2) is 65.6 Å². The lowest BCUT2D eigenvalue weighted by Gasteiger charge is -2.26. The Labute approximate surface area is 172 Å². The predicted molar refractivity (Wildman–Crippen MR) is 111 cm³/mol. The van der Waals surface area contributed by atoms with Crippen molar-refractivity contribution in [3.05, 3.63) is 77.4 Å². The molecular weight excluding hydrogens is 388 g/mol. The molecule has 0 saturated carbocycles. The van der Waals surface area contributed by atoms with Gasteiger partial charge in [-0.1, -0.05) is 36.4 Å². The summed E-state index contributed by atoms with van der Waals surface area (Å²) in [5.41, 5.74) is 2.16. The van der Waals surface area contributed by atoms with Gasteiger partial charge in [0, 0.05) is 17.9 Å². The molecule has 0 fully saturated rings. The maximum atomic E-state index is 12.6. The van der Waals surface area contributed by atoms with Crippen LogP contribution in [-0.2, 0) is 5.75 Å². The van der Waals surface area contributed by atoms with Crippen LogP contribution < -0.4 is 9.47 Å². The number of hydrogen-bond acceptors (Lipinski definition) is 6. The van der Waals surface area contributed by atoms with Gasteiger partial charge in [0.05, 0.1) is 18.4 Å². The third-order valence-electron chi connectivity index (χ3n) is 4.78. The van der Waals surface area contributed by atoms with E-state index in [2.05, 4.69) is 12.1 Å². The van der Waals surface area contributed by atoms with Crippen molar-refractivity contribution in [2.45, 2.75) is 23.2 Å². The van der Waals surface area contributed by atoms with E-state index < -0.39 is 6.10 Å². The van der Waals surface area contributed by atoms with Crippen LogP contribution in [-0.4, -0.2) is 23.1 Å². The van der Waals surface area contributed by atoms with Gasteiger partial charge < -0.3 is 19.7 Å². The van der Waals surface area contributed by atoms with Gasteiger partial charge in [0.15, 0.2) is 5.78 Å². The SMILES string of the molecule is COc1ccc(C2CC(=O)c3c(O)cc(O)cc3O2)cc1SCc1ccccc1. The highest BCUT2D eigenvalue weighted by Crippen LogP contribution is 2.43. The molecule has 0 saturated heterocycles. The quantitative estimate of drug-likeness (QED) is 0.572. The Hall–Kier alpha value is -3.12. The molecule has 1 unspecified atom stereocenters. The average Bonchev–Trinajstić information content (AvgIpc) is 2.72. The Balaban J connectivity index is 1.61. The fraction of sp³-hybridized carbons (Fsp3) is 0.174. The second-order valence-electron chi connectivity index (χ2n) is 6.76. The van der Waals surface area contributed by atoms with Crippen LogP contribution in [0, 0.1) is 0 Å². The molecule has 4 rings (SSSR count). The molecule has 1 atom stereocenters.